The van der Waals surface area contributed by atoms with Gasteiger partial charge in [-0.25, -0.2) is 0 Å². The number of esters is 1. The van der Waals surface area contributed by atoms with Gasteiger partial charge < -0.3 is 4.74 Å². The van der Waals surface area contributed by atoms with Crippen LogP contribution in [0.15, 0.2) is 24.3 Å². The van der Waals surface area contributed by atoms with E-state index in [1.54, 1.807) is 0 Å². The molecule has 0 spiro atoms. The van der Waals surface area contributed by atoms with Crippen molar-refractivity contribution in [3.63, 3.8) is 0 Å². The van der Waals surface area contributed by atoms with Crippen LogP contribution in [-0.4, -0.2) is 24.2 Å². The van der Waals surface area contributed by atoms with Gasteiger partial charge in [-0.05, 0) is 44.9 Å². The monoisotopic (exact) mass is 297 g/mol. The van der Waals surface area contributed by atoms with Crippen LogP contribution in [-0.2, 0) is 16.0 Å². The molecule has 0 saturated heterocycles. The molecule has 0 heterocycles. The molecule has 0 saturated carbocycles. The second-order valence-electron chi connectivity index (χ2n) is 5.31. The molecule has 1 N–H and O–H groups in total. The highest BCUT2D eigenvalue weighted by Crippen LogP contribution is 2.19. The Morgan fingerprint density at radius 1 is 1.35 bits per heavy atom. The van der Waals surface area contributed by atoms with Gasteiger partial charge in [0, 0.05) is 17.5 Å². The van der Waals surface area contributed by atoms with Crippen LogP contribution in [0.25, 0.3) is 0 Å². The van der Waals surface area contributed by atoms with Crippen molar-refractivity contribution in [2.24, 2.45) is 0 Å². The molecule has 0 amide bonds. The van der Waals surface area contributed by atoms with Crippen LogP contribution in [0.3, 0.4) is 0 Å². The van der Waals surface area contributed by atoms with Gasteiger partial charge in [0.15, 0.2) is 0 Å². The van der Waals surface area contributed by atoms with Crippen LogP contribution in [0.4, 0.5) is 0 Å². The van der Waals surface area contributed by atoms with Gasteiger partial charge in [-0.1, -0.05) is 30.7 Å². The predicted octanol–water partition coefficient (Wildman–Crippen LogP) is 3.59. The summed E-state index contributed by atoms with van der Waals surface area (Å²) in [5, 5.41) is 4.08. The summed E-state index contributed by atoms with van der Waals surface area (Å²) in [5.41, 5.74) is 0.333. The molecule has 0 aliphatic heterocycles. The summed E-state index contributed by atoms with van der Waals surface area (Å²) in [6.07, 6.45) is 1.53. The average molecular weight is 298 g/mol. The first-order chi connectivity index (χ1) is 9.41. The van der Waals surface area contributed by atoms with E-state index in [-0.39, 0.29) is 12.0 Å². The van der Waals surface area contributed by atoms with Gasteiger partial charge in [-0.2, -0.15) is 0 Å². The first-order valence-corrected chi connectivity index (χ1v) is 7.48. The maximum Gasteiger partial charge on any atom is 0.326 e. The van der Waals surface area contributed by atoms with Crippen LogP contribution in [0.1, 0.15) is 39.7 Å². The molecular formula is C16H24ClNO2. The van der Waals surface area contributed by atoms with Crippen LogP contribution in [0.5, 0.6) is 0 Å². The number of hydrogen-bond acceptors (Lipinski definition) is 3. The van der Waals surface area contributed by atoms with E-state index in [1.165, 1.54) is 0 Å². The predicted molar refractivity (Wildman–Crippen MR) is 83.1 cm³/mol. The fourth-order valence-electron chi connectivity index (χ4n) is 2.13. The highest BCUT2D eigenvalue weighted by Gasteiger charge is 2.35. The first kappa shape index (κ1) is 17.0. The lowest BCUT2D eigenvalue weighted by atomic mass is 9.91. The minimum atomic E-state index is -0.723. The molecule has 1 aromatic carbocycles. The normalized spacial score (nSPS) is 15.4. The Morgan fingerprint density at radius 3 is 2.45 bits per heavy atom. The third-order valence-electron chi connectivity index (χ3n) is 3.37. The van der Waals surface area contributed by atoms with Crippen molar-refractivity contribution in [3.05, 3.63) is 34.9 Å². The fourth-order valence-corrected chi connectivity index (χ4v) is 2.25. The van der Waals surface area contributed by atoms with E-state index in [4.69, 9.17) is 16.3 Å². The van der Waals surface area contributed by atoms with Crippen molar-refractivity contribution >= 4 is 17.6 Å². The second-order valence-corrected chi connectivity index (χ2v) is 5.75. The average Bonchev–Trinajstić information content (AvgIpc) is 2.41. The standard InChI is InChI=1S/C16H24ClNO2/c1-5-12(3)18-16(4,15(19)20-6-2)11-13-7-9-14(17)10-8-13/h7-10,12,18H,5-6,11H2,1-4H3. The van der Waals surface area contributed by atoms with Gasteiger partial charge in [-0.15, -0.1) is 0 Å². The highest BCUT2D eigenvalue weighted by atomic mass is 35.5. The molecule has 112 valence electrons. The van der Waals surface area contributed by atoms with Crippen molar-refractivity contribution < 1.29 is 9.53 Å². The van der Waals surface area contributed by atoms with E-state index in [9.17, 15) is 4.79 Å². The first-order valence-electron chi connectivity index (χ1n) is 7.10. The van der Waals surface area contributed by atoms with Crippen LogP contribution < -0.4 is 5.32 Å². The molecule has 1 rings (SSSR count). The number of ether oxygens (including phenoxy) is 1. The fraction of sp³-hybridized carbons (Fsp3) is 0.562. The van der Waals surface area contributed by atoms with Crippen molar-refractivity contribution in [2.75, 3.05) is 6.61 Å². The molecule has 1 aromatic rings. The molecule has 0 bridgehead atoms. The van der Waals surface area contributed by atoms with E-state index >= 15 is 0 Å². The van der Waals surface area contributed by atoms with Gasteiger partial charge >= 0.3 is 5.97 Å². The minimum absolute atomic E-state index is 0.213. The molecule has 2 atom stereocenters. The zero-order chi connectivity index (χ0) is 15.2. The lowest BCUT2D eigenvalue weighted by molar-refractivity contribution is -0.150. The summed E-state index contributed by atoms with van der Waals surface area (Å²) < 4.78 is 5.22. The Morgan fingerprint density at radius 2 is 1.95 bits per heavy atom. The Bertz CT molecular complexity index is 433. The maximum absolute atomic E-state index is 12.3. The number of carbonyl (C=O) groups excluding carboxylic acids is 1. The van der Waals surface area contributed by atoms with Crippen molar-refractivity contribution in [3.8, 4) is 0 Å². The topological polar surface area (TPSA) is 38.3 Å². The van der Waals surface area contributed by atoms with Crippen LogP contribution in [0, 0.1) is 0 Å². The Kier molecular flexibility index (Phi) is 6.50. The van der Waals surface area contributed by atoms with Crippen molar-refractivity contribution in [1.82, 2.24) is 5.32 Å². The Labute approximate surface area is 126 Å². The van der Waals surface area contributed by atoms with E-state index in [0.717, 1.165) is 12.0 Å². The summed E-state index contributed by atoms with van der Waals surface area (Å²) in [4.78, 5) is 12.3. The summed E-state index contributed by atoms with van der Waals surface area (Å²) in [6, 6.07) is 7.81. The molecule has 4 heteroatoms. The summed E-state index contributed by atoms with van der Waals surface area (Å²) >= 11 is 5.89. The quantitative estimate of drug-likeness (QED) is 0.782. The molecule has 0 aromatic heterocycles. The molecule has 0 aliphatic rings. The summed E-state index contributed by atoms with van der Waals surface area (Å²) in [5.74, 6) is -0.213. The van der Waals surface area contributed by atoms with Crippen molar-refractivity contribution in [2.45, 2.75) is 52.1 Å². The van der Waals surface area contributed by atoms with Crippen LogP contribution >= 0.6 is 11.6 Å². The summed E-state index contributed by atoms with van der Waals surface area (Å²) in [6.45, 7) is 8.26. The van der Waals surface area contributed by atoms with E-state index in [1.807, 2.05) is 38.1 Å². The van der Waals surface area contributed by atoms with Gasteiger partial charge in [-0.3, -0.25) is 10.1 Å². The number of rotatable bonds is 7. The molecule has 0 fully saturated rings. The Balaban J connectivity index is 2.91. The van der Waals surface area contributed by atoms with Gasteiger partial charge in [0.2, 0.25) is 0 Å². The largest absolute Gasteiger partial charge is 0.465 e. The second kappa shape index (κ2) is 7.65. The van der Waals surface area contributed by atoms with Crippen LogP contribution in [0.2, 0.25) is 5.02 Å². The van der Waals surface area contributed by atoms with Gasteiger partial charge in [0.25, 0.3) is 0 Å². The number of nitrogens with one attached hydrogen (secondary N) is 1. The minimum Gasteiger partial charge on any atom is -0.465 e. The SMILES string of the molecule is CCOC(=O)C(C)(Cc1ccc(Cl)cc1)NC(C)CC. The zero-order valence-corrected chi connectivity index (χ0v) is 13.5. The molecule has 3 nitrogen and oxygen atoms in total. The number of carbonyl (C=O) groups is 1. The maximum atomic E-state index is 12.3. The number of hydrogen-bond donors (Lipinski definition) is 1. The highest BCUT2D eigenvalue weighted by molar-refractivity contribution is 6.30. The summed E-state index contributed by atoms with van der Waals surface area (Å²) in [7, 11) is 0. The Hall–Kier alpha value is -1.06. The van der Waals surface area contributed by atoms with Gasteiger partial charge in [0.05, 0.1) is 6.61 Å². The number of halogens is 1. The van der Waals surface area contributed by atoms with E-state index in [2.05, 4.69) is 19.2 Å². The van der Waals surface area contributed by atoms with E-state index < -0.39 is 5.54 Å². The molecule has 20 heavy (non-hydrogen) atoms. The third kappa shape index (κ3) is 4.80. The number of benzene rings is 1. The van der Waals surface area contributed by atoms with E-state index in [0.29, 0.717) is 18.1 Å². The van der Waals surface area contributed by atoms with Gasteiger partial charge in [0.1, 0.15) is 5.54 Å². The molecule has 2 unspecified atom stereocenters. The lowest BCUT2D eigenvalue weighted by Crippen LogP contribution is -2.55. The molecule has 0 radical (unpaired) electrons. The lowest BCUT2D eigenvalue weighted by Gasteiger charge is -2.31. The smallest absolute Gasteiger partial charge is 0.326 e. The molecule has 0 aliphatic carbocycles. The van der Waals surface area contributed by atoms with Crippen molar-refractivity contribution in [1.29, 1.82) is 0 Å². The molecular weight excluding hydrogens is 274 g/mol. The third-order valence-corrected chi connectivity index (χ3v) is 3.63. The zero-order valence-electron chi connectivity index (χ0n) is 12.7.